The molecule has 0 amide bonds. The first kappa shape index (κ1) is 12.0. The molecule has 0 fully saturated rings. The van der Waals surface area contributed by atoms with Crippen LogP contribution < -0.4 is 0 Å². The number of carbonyl (C=O) groups is 1. The molecular weight excluding hydrogens is 188 g/mol. The molecule has 13 heavy (non-hydrogen) atoms. The van der Waals surface area contributed by atoms with E-state index in [0.29, 0.717) is 10.6 Å². The zero-order valence-corrected chi connectivity index (χ0v) is 8.51. The van der Waals surface area contributed by atoms with Crippen LogP contribution in [0, 0.1) is 5.92 Å². The van der Waals surface area contributed by atoms with Crippen molar-refractivity contribution in [2.24, 2.45) is 5.92 Å². The zero-order chi connectivity index (χ0) is 10.4. The molecule has 0 aliphatic carbocycles. The highest BCUT2D eigenvalue weighted by molar-refractivity contribution is 6.31. The van der Waals surface area contributed by atoms with Crippen LogP contribution in [-0.4, -0.2) is 11.1 Å². The quantitative estimate of drug-likeness (QED) is 0.709. The molecule has 0 saturated heterocycles. The lowest BCUT2D eigenvalue weighted by Crippen LogP contribution is -2.11. The summed E-state index contributed by atoms with van der Waals surface area (Å²) < 4.78 is 0. The first-order valence-corrected chi connectivity index (χ1v) is 4.30. The van der Waals surface area contributed by atoms with E-state index in [2.05, 4.69) is 6.58 Å². The fourth-order valence-electron chi connectivity index (χ4n) is 0.857. The van der Waals surface area contributed by atoms with E-state index in [4.69, 9.17) is 16.7 Å². The molecule has 0 unspecified atom stereocenters. The van der Waals surface area contributed by atoms with Gasteiger partial charge in [0.15, 0.2) is 0 Å². The van der Waals surface area contributed by atoms with Crippen molar-refractivity contribution >= 4 is 17.6 Å². The molecule has 0 bridgehead atoms. The maximum Gasteiger partial charge on any atom is 0.310 e. The molecule has 0 rings (SSSR count). The molecule has 0 saturated carbocycles. The van der Waals surface area contributed by atoms with Gasteiger partial charge in [-0.25, -0.2) is 0 Å². The second-order valence-corrected chi connectivity index (χ2v) is 2.97. The number of rotatable bonds is 4. The van der Waals surface area contributed by atoms with Crippen LogP contribution in [-0.2, 0) is 4.79 Å². The summed E-state index contributed by atoms with van der Waals surface area (Å²) in [5.41, 5.74) is 0.535. The van der Waals surface area contributed by atoms with E-state index in [1.807, 2.05) is 6.92 Å². The van der Waals surface area contributed by atoms with Crippen molar-refractivity contribution in [1.29, 1.82) is 0 Å². The fourth-order valence-corrected chi connectivity index (χ4v) is 1.22. The third-order valence-electron chi connectivity index (χ3n) is 1.65. The highest BCUT2D eigenvalue weighted by atomic mass is 35.5. The molecule has 3 heteroatoms. The number of halogens is 1. The average Bonchev–Trinajstić information content (AvgIpc) is 2.05. The Morgan fingerprint density at radius 2 is 2.15 bits per heavy atom. The van der Waals surface area contributed by atoms with E-state index < -0.39 is 11.9 Å². The normalized spacial score (nSPS) is 15.3. The molecule has 0 aliphatic heterocycles. The van der Waals surface area contributed by atoms with Crippen LogP contribution in [0.3, 0.4) is 0 Å². The molecule has 0 aromatic carbocycles. The maximum absolute atomic E-state index is 10.6. The van der Waals surface area contributed by atoms with E-state index in [1.165, 1.54) is 6.08 Å². The van der Waals surface area contributed by atoms with Crippen LogP contribution in [0.1, 0.15) is 13.8 Å². The van der Waals surface area contributed by atoms with Gasteiger partial charge in [-0.15, -0.1) is 0 Å². The van der Waals surface area contributed by atoms with Gasteiger partial charge in [0.25, 0.3) is 0 Å². The maximum atomic E-state index is 10.6. The minimum atomic E-state index is -0.905. The number of hydrogen-bond donors (Lipinski definition) is 1. The molecule has 1 atom stereocenters. The molecule has 72 valence electrons. The van der Waals surface area contributed by atoms with Gasteiger partial charge in [-0.05, 0) is 25.5 Å². The molecule has 2 nitrogen and oxygen atoms in total. The minimum absolute atomic E-state index is 0.424. The number of allylic oxidation sites excluding steroid dienone is 4. The molecule has 0 radical (unpaired) electrons. The van der Waals surface area contributed by atoms with Crippen molar-refractivity contribution in [3.8, 4) is 0 Å². The topological polar surface area (TPSA) is 37.3 Å². The number of carboxylic acids is 1. The van der Waals surface area contributed by atoms with E-state index in [1.54, 1.807) is 19.1 Å². The Hall–Kier alpha value is -1.02. The third-order valence-corrected chi connectivity index (χ3v) is 1.99. The standard InChI is InChI=1S/C10H13ClO2/c1-4-6-9(11)8(5-2)7(3)10(12)13/h4-7H,2H2,1,3H3,(H,12,13)/b6-4-,9-8-/t7-/m1/s1. The van der Waals surface area contributed by atoms with Crippen LogP contribution in [0.15, 0.2) is 35.4 Å². The van der Waals surface area contributed by atoms with Crippen LogP contribution in [0.5, 0.6) is 0 Å². The summed E-state index contributed by atoms with van der Waals surface area (Å²) in [6, 6.07) is 0. The smallest absolute Gasteiger partial charge is 0.310 e. The van der Waals surface area contributed by atoms with Gasteiger partial charge in [0, 0.05) is 5.03 Å². The molecule has 0 aromatic heterocycles. The monoisotopic (exact) mass is 200 g/mol. The summed E-state index contributed by atoms with van der Waals surface area (Å²) in [5.74, 6) is -1.53. The Kier molecular flexibility index (Phi) is 5.16. The number of carboxylic acid groups (broad SMARTS) is 1. The van der Waals surface area contributed by atoms with Gasteiger partial charge in [0.05, 0.1) is 5.92 Å². The van der Waals surface area contributed by atoms with Gasteiger partial charge < -0.3 is 5.11 Å². The van der Waals surface area contributed by atoms with Crippen molar-refractivity contribution in [1.82, 2.24) is 0 Å². The van der Waals surface area contributed by atoms with Crippen molar-refractivity contribution in [2.75, 3.05) is 0 Å². The molecule has 0 aromatic rings. The van der Waals surface area contributed by atoms with Gasteiger partial charge in [0.1, 0.15) is 0 Å². The van der Waals surface area contributed by atoms with Crippen molar-refractivity contribution in [2.45, 2.75) is 13.8 Å². The van der Waals surface area contributed by atoms with Crippen molar-refractivity contribution in [3.05, 3.63) is 35.4 Å². The van der Waals surface area contributed by atoms with Gasteiger partial charge in [-0.3, -0.25) is 4.79 Å². The number of hydrogen-bond acceptors (Lipinski definition) is 1. The number of aliphatic carboxylic acids is 1. The van der Waals surface area contributed by atoms with Crippen LogP contribution >= 0.6 is 11.6 Å². The molecule has 0 aliphatic rings. The summed E-state index contributed by atoms with van der Waals surface area (Å²) in [5, 5.41) is 9.16. The Bertz CT molecular complexity index is 264. The lowest BCUT2D eigenvalue weighted by atomic mass is 10.0. The summed E-state index contributed by atoms with van der Waals surface area (Å²) in [7, 11) is 0. The molecule has 0 heterocycles. The Labute approximate surface area is 83.2 Å². The van der Waals surface area contributed by atoms with E-state index in [-0.39, 0.29) is 0 Å². The lowest BCUT2D eigenvalue weighted by molar-refractivity contribution is -0.139. The van der Waals surface area contributed by atoms with Gasteiger partial charge in [0.2, 0.25) is 0 Å². The first-order valence-electron chi connectivity index (χ1n) is 3.92. The highest BCUT2D eigenvalue weighted by Gasteiger charge is 2.16. The minimum Gasteiger partial charge on any atom is -0.481 e. The van der Waals surface area contributed by atoms with Gasteiger partial charge >= 0.3 is 5.97 Å². The lowest BCUT2D eigenvalue weighted by Gasteiger charge is -2.08. The van der Waals surface area contributed by atoms with E-state index >= 15 is 0 Å². The predicted molar refractivity (Wildman–Crippen MR) is 54.7 cm³/mol. The predicted octanol–water partition coefficient (Wildman–Crippen LogP) is 2.96. The third kappa shape index (κ3) is 3.47. The molecule has 0 spiro atoms. The fraction of sp³-hybridized carbons (Fsp3) is 0.300. The molecule has 1 N–H and O–H groups in total. The zero-order valence-electron chi connectivity index (χ0n) is 7.75. The second-order valence-electron chi connectivity index (χ2n) is 2.57. The molecular formula is C10H13ClO2. The summed E-state index contributed by atoms with van der Waals surface area (Å²) in [6.07, 6.45) is 4.87. The van der Waals surface area contributed by atoms with E-state index in [0.717, 1.165) is 0 Å². The van der Waals surface area contributed by atoms with Gasteiger partial charge in [-0.1, -0.05) is 30.3 Å². The van der Waals surface area contributed by atoms with Crippen LogP contribution in [0.4, 0.5) is 0 Å². The van der Waals surface area contributed by atoms with E-state index in [9.17, 15) is 4.79 Å². The van der Waals surface area contributed by atoms with Crippen molar-refractivity contribution < 1.29 is 9.90 Å². The summed E-state index contributed by atoms with van der Waals surface area (Å²) in [6.45, 7) is 6.92. The van der Waals surface area contributed by atoms with Crippen molar-refractivity contribution in [3.63, 3.8) is 0 Å². The summed E-state index contributed by atoms with van der Waals surface area (Å²) >= 11 is 5.84. The van der Waals surface area contributed by atoms with Crippen LogP contribution in [0.2, 0.25) is 0 Å². The SMILES string of the molecule is C=C/C(=C(Cl)\C=C/C)[C@@H](C)C(=O)O. The Morgan fingerprint density at radius 1 is 1.62 bits per heavy atom. The first-order chi connectivity index (χ1) is 6.04. The Morgan fingerprint density at radius 3 is 2.46 bits per heavy atom. The van der Waals surface area contributed by atoms with Gasteiger partial charge in [-0.2, -0.15) is 0 Å². The average molecular weight is 201 g/mol. The highest BCUT2D eigenvalue weighted by Crippen LogP contribution is 2.20. The Balaban J connectivity index is 4.97. The van der Waals surface area contributed by atoms with Crippen LogP contribution in [0.25, 0.3) is 0 Å². The largest absolute Gasteiger partial charge is 0.481 e. The summed E-state index contributed by atoms with van der Waals surface area (Å²) in [4.78, 5) is 10.6. The second kappa shape index (κ2) is 5.60.